The molecule has 0 amide bonds. The van der Waals surface area contributed by atoms with E-state index in [1.807, 2.05) is 0 Å². The Kier molecular flexibility index (Phi) is 4.61. The van der Waals surface area contributed by atoms with E-state index in [-0.39, 0.29) is 0 Å². The molecule has 108 valence electrons. The van der Waals surface area contributed by atoms with Crippen LogP contribution in [-0.4, -0.2) is 11.5 Å². The lowest BCUT2D eigenvalue weighted by Crippen LogP contribution is -2.15. The smallest absolute Gasteiger partial charge is 0.183 e. The van der Waals surface area contributed by atoms with Gasteiger partial charge >= 0.3 is 0 Å². The zero-order valence-electron chi connectivity index (χ0n) is 11.9. The van der Waals surface area contributed by atoms with E-state index < -0.39 is 0 Å². The van der Waals surface area contributed by atoms with Crippen LogP contribution in [0, 0.1) is 11.8 Å². The van der Waals surface area contributed by atoms with Crippen LogP contribution in [0.1, 0.15) is 39.0 Å². The third kappa shape index (κ3) is 3.53. The Morgan fingerprint density at radius 3 is 2.90 bits per heavy atom. The van der Waals surface area contributed by atoms with Crippen molar-refractivity contribution in [1.82, 2.24) is 4.98 Å². The second kappa shape index (κ2) is 6.44. The standard InChI is InChI=1S/C16H21BrN2S/c1-11-2-4-12(5-3-11)8-9-18-16-19-14-7-6-13(17)10-15(14)20-16/h6-7,10-12H,2-5,8-9H2,1H3,(H,18,19). The maximum atomic E-state index is 4.64. The van der Waals surface area contributed by atoms with E-state index in [0.29, 0.717) is 0 Å². The van der Waals surface area contributed by atoms with Gasteiger partial charge in [0.2, 0.25) is 0 Å². The minimum Gasteiger partial charge on any atom is -0.361 e. The van der Waals surface area contributed by atoms with Crippen molar-refractivity contribution in [1.29, 1.82) is 0 Å². The van der Waals surface area contributed by atoms with Crippen LogP contribution < -0.4 is 5.32 Å². The van der Waals surface area contributed by atoms with Gasteiger partial charge in [-0.15, -0.1) is 0 Å². The van der Waals surface area contributed by atoms with Crippen molar-refractivity contribution in [3.8, 4) is 0 Å². The first-order valence-corrected chi connectivity index (χ1v) is 9.11. The Morgan fingerprint density at radius 2 is 2.10 bits per heavy atom. The number of anilines is 1. The Hall–Kier alpha value is -0.610. The molecule has 1 heterocycles. The molecule has 2 nitrogen and oxygen atoms in total. The van der Waals surface area contributed by atoms with Gasteiger partial charge in [-0.25, -0.2) is 4.98 Å². The van der Waals surface area contributed by atoms with Crippen LogP contribution >= 0.6 is 27.3 Å². The van der Waals surface area contributed by atoms with Crippen LogP contribution in [0.4, 0.5) is 5.13 Å². The number of aromatic nitrogens is 1. The molecule has 2 aromatic rings. The summed E-state index contributed by atoms with van der Waals surface area (Å²) in [6.45, 7) is 3.44. The molecule has 1 aliphatic rings. The Balaban J connectivity index is 1.52. The summed E-state index contributed by atoms with van der Waals surface area (Å²) in [6, 6.07) is 6.26. The fourth-order valence-electron chi connectivity index (χ4n) is 2.98. The van der Waals surface area contributed by atoms with Crippen LogP contribution in [0.5, 0.6) is 0 Å². The quantitative estimate of drug-likeness (QED) is 0.764. The molecule has 0 spiro atoms. The van der Waals surface area contributed by atoms with E-state index in [0.717, 1.165) is 33.5 Å². The van der Waals surface area contributed by atoms with Crippen molar-refractivity contribution in [3.05, 3.63) is 22.7 Å². The lowest BCUT2D eigenvalue weighted by Gasteiger charge is -2.26. The molecule has 1 N–H and O–H groups in total. The molecule has 0 unspecified atom stereocenters. The van der Waals surface area contributed by atoms with Crippen LogP contribution in [0.25, 0.3) is 10.2 Å². The average Bonchev–Trinajstić information content (AvgIpc) is 2.83. The van der Waals surface area contributed by atoms with E-state index >= 15 is 0 Å². The van der Waals surface area contributed by atoms with Crippen molar-refractivity contribution >= 4 is 42.6 Å². The largest absolute Gasteiger partial charge is 0.361 e. The highest BCUT2D eigenvalue weighted by atomic mass is 79.9. The minimum absolute atomic E-state index is 0.919. The van der Waals surface area contributed by atoms with Gasteiger partial charge in [-0.1, -0.05) is 59.9 Å². The molecule has 4 heteroatoms. The minimum atomic E-state index is 0.919. The molecule has 0 atom stereocenters. The van der Waals surface area contributed by atoms with Crippen LogP contribution in [0.15, 0.2) is 22.7 Å². The van der Waals surface area contributed by atoms with Gasteiger partial charge in [-0.3, -0.25) is 0 Å². The number of nitrogens with zero attached hydrogens (tertiary/aromatic N) is 1. The highest BCUT2D eigenvalue weighted by Crippen LogP contribution is 2.31. The Bertz CT molecular complexity index is 573. The van der Waals surface area contributed by atoms with Crippen molar-refractivity contribution in [3.63, 3.8) is 0 Å². The topological polar surface area (TPSA) is 24.9 Å². The summed E-state index contributed by atoms with van der Waals surface area (Å²) in [7, 11) is 0. The average molecular weight is 353 g/mol. The van der Waals surface area contributed by atoms with Gasteiger partial charge in [0, 0.05) is 11.0 Å². The molecule has 3 rings (SSSR count). The molecule has 1 aromatic carbocycles. The van der Waals surface area contributed by atoms with Crippen LogP contribution in [0.3, 0.4) is 0 Å². The molecule has 0 aliphatic heterocycles. The molecule has 1 aromatic heterocycles. The van der Waals surface area contributed by atoms with E-state index in [1.54, 1.807) is 11.3 Å². The summed E-state index contributed by atoms with van der Waals surface area (Å²) in [5.74, 6) is 1.86. The number of nitrogens with one attached hydrogen (secondary N) is 1. The number of halogens is 1. The molecule has 0 saturated heterocycles. The first-order valence-electron chi connectivity index (χ1n) is 7.50. The number of hydrogen-bond donors (Lipinski definition) is 1. The predicted molar refractivity (Wildman–Crippen MR) is 91.5 cm³/mol. The van der Waals surface area contributed by atoms with Gasteiger partial charge in [-0.05, 0) is 36.5 Å². The Labute approximate surface area is 133 Å². The third-order valence-electron chi connectivity index (χ3n) is 4.31. The maximum absolute atomic E-state index is 4.64. The van der Waals surface area contributed by atoms with Crippen molar-refractivity contribution in [2.45, 2.75) is 39.0 Å². The summed E-state index contributed by atoms with van der Waals surface area (Å²) in [6.07, 6.45) is 6.94. The number of hydrogen-bond acceptors (Lipinski definition) is 3. The molecular formula is C16H21BrN2S. The van der Waals surface area contributed by atoms with Crippen molar-refractivity contribution < 1.29 is 0 Å². The fourth-order valence-corrected chi connectivity index (χ4v) is 4.42. The lowest BCUT2D eigenvalue weighted by atomic mass is 9.81. The first kappa shape index (κ1) is 14.3. The number of thiazole rings is 1. The molecular weight excluding hydrogens is 332 g/mol. The predicted octanol–water partition coefficient (Wildman–Crippen LogP) is 5.69. The van der Waals surface area contributed by atoms with Crippen molar-refractivity contribution in [2.75, 3.05) is 11.9 Å². The van der Waals surface area contributed by atoms with E-state index in [2.05, 4.69) is 51.4 Å². The van der Waals surface area contributed by atoms with Crippen LogP contribution in [-0.2, 0) is 0 Å². The Morgan fingerprint density at radius 1 is 1.30 bits per heavy atom. The lowest BCUT2D eigenvalue weighted by molar-refractivity contribution is 0.282. The molecule has 1 fully saturated rings. The zero-order chi connectivity index (χ0) is 13.9. The van der Waals surface area contributed by atoms with Gasteiger partial charge in [0.15, 0.2) is 5.13 Å². The molecule has 0 radical (unpaired) electrons. The second-order valence-corrected chi connectivity index (χ2v) is 7.92. The summed E-state index contributed by atoms with van der Waals surface area (Å²) < 4.78 is 2.37. The molecule has 1 saturated carbocycles. The van der Waals surface area contributed by atoms with Gasteiger partial charge in [-0.2, -0.15) is 0 Å². The van der Waals surface area contributed by atoms with Crippen LogP contribution in [0.2, 0.25) is 0 Å². The van der Waals surface area contributed by atoms with E-state index in [1.165, 1.54) is 36.8 Å². The van der Waals surface area contributed by atoms with Gasteiger partial charge in [0.1, 0.15) is 0 Å². The summed E-state index contributed by atoms with van der Waals surface area (Å²) in [5.41, 5.74) is 1.09. The van der Waals surface area contributed by atoms with E-state index in [4.69, 9.17) is 0 Å². The monoisotopic (exact) mass is 352 g/mol. The highest BCUT2D eigenvalue weighted by Gasteiger charge is 2.17. The van der Waals surface area contributed by atoms with Gasteiger partial charge < -0.3 is 5.32 Å². The fraction of sp³-hybridized carbons (Fsp3) is 0.562. The number of fused-ring (bicyclic) bond motifs is 1. The second-order valence-electron chi connectivity index (χ2n) is 5.97. The number of rotatable bonds is 4. The molecule has 1 aliphatic carbocycles. The summed E-state index contributed by atoms with van der Waals surface area (Å²) in [5, 5.41) is 4.56. The van der Waals surface area contributed by atoms with E-state index in [9.17, 15) is 0 Å². The molecule has 20 heavy (non-hydrogen) atoms. The van der Waals surface area contributed by atoms with Gasteiger partial charge in [0.25, 0.3) is 0 Å². The number of benzene rings is 1. The SMILES string of the molecule is CC1CCC(CCNc2nc3ccc(Br)cc3s2)CC1. The summed E-state index contributed by atoms with van der Waals surface area (Å²) >= 11 is 5.26. The maximum Gasteiger partial charge on any atom is 0.183 e. The highest BCUT2D eigenvalue weighted by molar-refractivity contribution is 9.10. The van der Waals surface area contributed by atoms with Crippen molar-refractivity contribution in [2.24, 2.45) is 11.8 Å². The molecule has 0 bridgehead atoms. The zero-order valence-corrected chi connectivity index (χ0v) is 14.3. The third-order valence-corrected chi connectivity index (χ3v) is 5.78. The van der Waals surface area contributed by atoms with Gasteiger partial charge in [0.05, 0.1) is 10.2 Å². The normalized spacial score (nSPS) is 23.1. The summed E-state index contributed by atoms with van der Waals surface area (Å²) in [4.78, 5) is 4.64. The first-order chi connectivity index (χ1) is 9.70.